The summed E-state index contributed by atoms with van der Waals surface area (Å²) in [5.74, 6) is 1.33. The van der Waals surface area contributed by atoms with E-state index in [9.17, 15) is 4.79 Å². The quantitative estimate of drug-likeness (QED) is 0.847. The Balaban J connectivity index is 2.12. The number of nitrogens with one attached hydrogen (secondary N) is 2. The minimum Gasteiger partial charge on any atom is -0.310 e. The molecule has 4 heteroatoms. The molecule has 2 rings (SSSR count). The van der Waals surface area contributed by atoms with Crippen molar-refractivity contribution in [2.24, 2.45) is 5.92 Å². The third-order valence-corrected chi connectivity index (χ3v) is 3.14. The molecular weight excluding hydrogens is 226 g/mol. The first kappa shape index (κ1) is 12.8. The standard InChI is InChI=1S/C14H19N3O/c1-3-10(2)8-15-9-13-16-12-7-5-4-6-11(12)14(18)17-13/h4-7,10,15H,3,8-9H2,1-2H3,(H,16,17,18). The number of para-hydroxylation sites is 1. The Kier molecular flexibility index (Phi) is 4.10. The molecule has 0 aliphatic rings. The van der Waals surface area contributed by atoms with Crippen LogP contribution in [0, 0.1) is 5.92 Å². The molecule has 2 aromatic rings. The Morgan fingerprint density at radius 3 is 2.94 bits per heavy atom. The van der Waals surface area contributed by atoms with E-state index < -0.39 is 0 Å². The average molecular weight is 245 g/mol. The van der Waals surface area contributed by atoms with Crippen LogP contribution < -0.4 is 10.9 Å². The highest BCUT2D eigenvalue weighted by molar-refractivity contribution is 5.77. The van der Waals surface area contributed by atoms with Gasteiger partial charge in [0.25, 0.3) is 5.56 Å². The third kappa shape index (κ3) is 2.96. The molecule has 1 heterocycles. The maximum atomic E-state index is 11.8. The molecule has 1 aromatic heterocycles. The van der Waals surface area contributed by atoms with Gasteiger partial charge in [0.2, 0.25) is 0 Å². The van der Waals surface area contributed by atoms with Gasteiger partial charge in [0.1, 0.15) is 5.82 Å². The molecule has 0 fully saturated rings. The second kappa shape index (κ2) is 5.78. The molecular formula is C14H19N3O. The lowest BCUT2D eigenvalue weighted by Crippen LogP contribution is -2.23. The predicted molar refractivity (Wildman–Crippen MR) is 73.5 cm³/mol. The Hall–Kier alpha value is -1.68. The Morgan fingerprint density at radius 1 is 1.39 bits per heavy atom. The first-order valence-electron chi connectivity index (χ1n) is 6.39. The Bertz CT molecular complexity index is 577. The van der Waals surface area contributed by atoms with Crippen molar-refractivity contribution in [1.82, 2.24) is 15.3 Å². The van der Waals surface area contributed by atoms with Crippen molar-refractivity contribution >= 4 is 10.9 Å². The molecule has 0 saturated carbocycles. The Morgan fingerprint density at radius 2 is 2.17 bits per heavy atom. The smallest absolute Gasteiger partial charge is 0.258 e. The largest absolute Gasteiger partial charge is 0.310 e. The molecule has 4 nitrogen and oxygen atoms in total. The van der Waals surface area contributed by atoms with Crippen LogP contribution >= 0.6 is 0 Å². The summed E-state index contributed by atoms with van der Waals surface area (Å²) in [5.41, 5.74) is 0.683. The number of hydrogen-bond donors (Lipinski definition) is 2. The summed E-state index contributed by atoms with van der Waals surface area (Å²) in [6, 6.07) is 7.39. The van der Waals surface area contributed by atoms with Crippen LogP contribution in [0.1, 0.15) is 26.1 Å². The lowest BCUT2D eigenvalue weighted by Gasteiger charge is -2.09. The highest BCUT2D eigenvalue weighted by atomic mass is 16.1. The SMILES string of the molecule is CCC(C)CNCc1nc2ccccc2c(=O)[nH]1. The van der Waals surface area contributed by atoms with Crippen molar-refractivity contribution in [3.63, 3.8) is 0 Å². The zero-order valence-corrected chi connectivity index (χ0v) is 10.9. The van der Waals surface area contributed by atoms with Gasteiger partial charge in [-0.3, -0.25) is 4.79 Å². The summed E-state index contributed by atoms with van der Waals surface area (Å²) in [7, 11) is 0. The van der Waals surface area contributed by atoms with E-state index in [2.05, 4.69) is 29.1 Å². The number of nitrogens with zero attached hydrogens (tertiary/aromatic N) is 1. The molecule has 0 spiro atoms. The van der Waals surface area contributed by atoms with Crippen molar-refractivity contribution in [3.8, 4) is 0 Å². The van der Waals surface area contributed by atoms with Crippen LogP contribution in [0.25, 0.3) is 10.9 Å². The van der Waals surface area contributed by atoms with Crippen LogP contribution in [0.4, 0.5) is 0 Å². The molecule has 0 bridgehead atoms. The van der Waals surface area contributed by atoms with Gasteiger partial charge in [0.15, 0.2) is 0 Å². The van der Waals surface area contributed by atoms with E-state index in [1.165, 1.54) is 0 Å². The van der Waals surface area contributed by atoms with Gasteiger partial charge in [-0.2, -0.15) is 0 Å². The third-order valence-electron chi connectivity index (χ3n) is 3.14. The van der Waals surface area contributed by atoms with Gasteiger partial charge in [-0.15, -0.1) is 0 Å². The van der Waals surface area contributed by atoms with Crippen molar-refractivity contribution in [1.29, 1.82) is 0 Å². The topological polar surface area (TPSA) is 57.8 Å². The molecule has 96 valence electrons. The van der Waals surface area contributed by atoms with E-state index in [0.717, 1.165) is 18.5 Å². The fraction of sp³-hybridized carbons (Fsp3) is 0.429. The summed E-state index contributed by atoms with van der Waals surface area (Å²) >= 11 is 0. The zero-order chi connectivity index (χ0) is 13.0. The van der Waals surface area contributed by atoms with Crippen molar-refractivity contribution in [3.05, 3.63) is 40.4 Å². The normalized spacial score (nSPS) is 12.8. The summed E-state index contributed by atoms with van der Waals surface area (Å²) in [4.78, 5) is 19.1. The molecule has 1 aromatic carbocycles. The summed E-state index contributed by atoms with van der Waals surface area (Å²) in [6.07, 6.45) is 1.15. The molecule has 0 radical (unpaired) electrons. The van der Waals surface area contributed by atoms with E-state index in [0.29, 0.717) is 23.7 Å². The second-order valence-electron chi connectivity index (χ2n) is 4.67. The van der Waals surface area contributed by atoms with Gasteiger partial charge in [-0.05, 0) is 24.6 Å². The number of aromatic nitrogens is 2. The number of rotatable bonds is 5. The van der Waals surface area contributed by atoms with Gasteiger partial charge in [0.05, 0.1) is 17.4 Å². The lowest BCUT2D eigenvalue weighted by atomic mass is 10.1. The monoisotopic (exact) mass is 245 g/mol. The molecule has 2 N–H and O–H groups in total. The number of hydrogen-bond acceptors (Lipinski definition) is 3. The molecule has 1 unspecified atom stereocenters. The predicted octanol–water partition coefficient (Wildman–Crippen LogP) is 2.06. The fourth-order valence-corrected chi connectivity index (χ4v) is 1.80. The summed E-state index contributed by atoms with van der Waals surface area (Å²) in [6.45, 7) is 5.91. The number of aromatic amines is 1. The van der Waals surface area contributed by atoms with Crippen LogP contribution in [0.5, 0.6) is 0 Å². The number of fused-ring (bicyclic) bond motifs is 1. The van der Waals surface area contributed by atoms with Gasteiger partial charge >= 0.3 is 0 Å². The highest BCUT2D eigenvalue weighted by Gasteiger charge is 2.03. The van der Waals surface area contributed by atoms with Crippen LogP contribution in [-0.4, -0.2) is 16.5 Å². The van der Waals surface area contributed by atoms with Crippen molar-refractivity contribution < 1.29 is 0 Å². The van der Waals surface area contributed by atoms with Crippen LogP contribution in [0.2, 0.25) is 0 Å². The molecule has 1 atom stereocenters. The summed E-state index contributed by atoms with van der Waals surface area (Å²) < 4.78 is 0. The van der Waals surface area contributed by atoms with E-state index >= 15 is 0 Å². The molecule has 0 aliphatic carbocycles. The zero-order valence-electron chi connectivity index (χ0n) is 10.9. The second-order valence-corrected chi connectivity index (χ2v) is 4.67. The summed E-state index contributed by atoms with van der Waals surface area (Å²) in [5, 5.41) is 3.95. The van der Waals surface area contributed by atoms with Gasteiger partial charge in [-0.25, -0.2) is 4.98 Å². The minimum atomic E-state index is -0.0686. The lowest BCUT2D eigenvalue weighted by molar-refractivity contribution is 0.494. The maximum absolute atomic E-state index is 11.8. The molecule has 0 aliphatic heterocycles. The molecule has 0 amide bonds. The average Bonchev–Trinajstić information content (AvgIpc) is 2.38. The number of H-pyrrole nitrogens is 1. The fourth-order valence-electron chi connectivity index (χ4n) is 1.80. The van der Waals surface area contributed by atoms with Crippen LogP contribution in [0.15, 0.2) is 29.1 Å². The van der Waals surface area contributed by atoms with E-state index in [4.69, 9.17) is 0 Å². The van der Waals surface area contributed by atoms with E-state index in [-0.39, 0.29) is 5.56 Å². The van der Waals surface area contributed by atoms with E-state index in [1.54, 1.807) is 6.07 Å². The first-order valence-corrected chi connectivity index (χ1v) is 6.39. The highest BCUT2D eigenvalue weighted by Crippen LogP contribution is 2.05. The van der Waals surface area contributed by atoms with Gasteiger partial charge < -0.3 is 10.3 Å². The first-order chi connectivity index (χ1) is 8.70. The van der Waals surface area contributed by atoms with Crippen LogP contribution in [0.3, 0.4) is 0 Å². The molecule has 18 heavy (non-hydrogen) atoms. The van der Waals surface area contributed by atoms with E-state index in [1.807, 2.05) is 18.2 Å². The van der Waals surface area contributed by atoms with Gasteiger partial charge in [-0.1, -0.05) is 32.4 Å². The van der Waals surface area contributed by atoms with Gasteiger partial charge in [0, 0.05) is 0 Å². The number of benzene rings is 1. The minimum absolute atomic E-state index is 0.0686. The van der Waals surface area contributed by atoms with Crippen LogP contribution in [-0.2, 0) is 6.54 Å². The van der Waals surface area contributed by atoms with Crippen molar-refractivity contribution in [2.75, 3.05) is 6.54 Å². The molecule has 0 saturated heterocycles. The Labute approximate surface area is 106 Å². The van der Waals surface area contributed by atoms with Crippen molar-refractivity contribution in [2.45, 2.75) is 26.8 Å². The maximum Gasteiger partial charge on any atom is 0.258 e.